The first kappa shape index (κ1) is 52.3. The molecule has 0 saturated heterocycles. The monoisotopic (exact) mass is 1170 g/mol. The Hall–Kier alpha value is -8.67. The molecule has 1 spiro atoms. The van der Waals surface area contributed by atoms with E-state index in [-0.39, 0.29) is 20.9 Å². The van der Waals surface area contributed by atoms with Gasteiger partial charge in [-0.3, -0.25) is 0 Å². The maximum Gasteiger partial charge on any atom is 0.155 e. The summed E-state index contributed by atoms with van der Waals surface area (Å²) in [7, 11) is -5.19. The number of fused-ring (bicyclic) bond motifs is 17. The highest BCUT2D eigenvalue weighted by molar-refractivity contribution is 7.15. The van der Waals surface area contributed by atoms with Gasteiger partial charge in [0.2, 0.25) is 0 Å². The summed E-state index contributed by atoms with van der Waals surface area (Å²) in [5.41, 5.74) is 18.9. The van der Waals surface area contributed by atoms with Crippen molar-refractivity contribution in [3.05, 3.63) is 300 Å². The lowest BCUT2D eigenvalue weighted by atomic mass is 9.64. The SMILES string of the molecule is CC12CCCCC1(C)[Si](c1ccccc1)(c1ccccc1)c1ccc(-c3ccc4c(c3)C3(c5cc(-c6ccc7c(c6)C6(C)CCCCC6(C)[Si]7(c6ccccc6)c6ccccc6)ccc5-4)c4ccccc4-c4c3cc3ccc5cccc6ccc4c3c56)cc12. The molecule has 2 saturated carbocycles. The largest absolute Gasteiger partial charge is 0.155 e. The lowest BCUT2D eigenvalue weighted by Crippen LogP contribution is -2.72. The molecule has 0 radical (unpaired) electrons. The Balaban J connectivity index is 0.854. The Morgan fingerprint density at radius 2 is 0.685 bits per heavy atom. The number of hydrogen-bond donors (Lipinski definition) is 0. The van der Waals surface area contributed by atoms with E-state index in [4.69, 9.17) is 0 Å². The molecule has 2 fully saturated rings. The minimum absolute atomic E-state index is 0.0137. The van der Waals surface area contributed by atoms with Crippen LogP contribution in [-0.2, 0) is 16.2 Å². The summed E-state index contributed by atoms with van der Waals surface area (Å²) in [6, 6.07) is 107. The van der Waals surface area contributed by atoms with Gasteiger partial charge in [0.05, 0.1) is 5.41 Å². The van der Waals surface area contributed by atoms with Gasteiger partial charge in [-0.05, 0) is 206 Å². The summed E-state index contributed by atoms with van der Waals surface area (Å²) in [5, 5.41) is 17.6. The van der Waals surface area contributed by atoms with Gasteiger partial charge >= 0.3 is 0 Å². The van der Waals surface area contributed by atoms with Crippen molar-refractivity contribution in [3.8, 4) is 44.5 Å². The van der Waals surface area contributed by atoms with Gasteiger partial charge in [-0.25, -0.2) is 0 Å². The van der Waals surface area contributed by atoms with Gasteiger partial charge < -0.3 is 0 Å². The van der Waals surface area contributed by atoms with Crippen molar-refractivity contribution in [2.75, 3.05) is 0 Å². The Kier molecular flexibility index (Phi) is 10.7. The Morgan fingerprint density at radius 1 is 0.281 bits per heavy atom. The van der Waals surface area contributed by atoms with Crippen molar-refractivity contribution < 1.29 is 0 Å². The molecule has 2 heterocycles. The van der Waals surface area contributed by atoms with Crippen LogP contribution in [0.3, 0.4) is 0 Å². The third kappa shape index (κ3) is 6.21. The Bertz CT molecular complexity index is 4790. The molecule has 0 N–H and O–H groups in total. The topological polar surface area (TPSA) is 0 Å². The number of benzene rings is 13. The van der Waals surface area contributed by atoms with Crippen LogP contribution in [0.1, 0.15) is 112 Å². The number of rotatable bonds is 6. The molecular formula is C87H72Si2. The summed E-state index contributed by atoms with van der Waals surface area (Å²) in [4.78, 5) is 0. The van der Waals surface area contributed by atoms with Crippen LogP contribution in [0.15, 0.2) is 267 Å². The van der Waals surface area contributed by atoms with Crippen LogP contribution in [0, 0.1) is 0 Å². The zero-order valence-corrected chi connectivity index (χ0v) is 53.6. The quantitative estimate of drug-likeness (QED) is 0.115. The van der Waals surface area contributed by atoms with Gasteiger partial charge in [-0.1, -0.05) is 302 Å². The first-order chi connectivity index (χ1) is 43.6. The Labute approximate surface area is 526 Å². The van der Waals surface area contributed by atoms with Crippen molar-refractivity contribution in [1.29, 1.82) is 0 Å². The average Bonchev–Trinajstić information content (AvgIpc) is 1.53. The zero-order chi connectivity index (χ0) is 59.3. The molecule has 89 heavy (non-hydrogen) atoms. The van der Waals surface area contributed by atoms with Crippen LogP contribution in [0.2, 0.25) is 10.1 Å². The Morgan fingerprint density at radius 3 is 1.17 bits per heavy atom. The molecule has 2 heteroatoms. The van der Waals surface area contributed by atoms with Crippen molar-refractivity contribution in [2.45, 2.75) is 105 Å². The molecule has 4 aliphatic carbocycles. The predicted octanol–water partition coefficient (Wildman–Crippen LogP) is 18.4. The van der Waals surface area contributed by atoms with Gasteiger partial charge in [0, 0.05) is 0 Å². The van der Waals surface area contributed by atoms with Crippen molar-refractivity contribution >= 4 is 79.6 Å². The normalized spacial score (nSPS) is 24.4. The molecule has 0 bridgehead atoms. The van der Waals surface area contributed by atoms with E-state index in [0.717, 1.165) is 0 Å². The van der Waals surface area contributed by atoms with E-state index < -0.39 is 21.6 Å². The molecule has 0 aromatic heterocycles. The molecular weight excluding hydrogens is 1100 g/mol. The third-order valence-corrected chi connectivity index (χ3v) is 37.8. The lowest BCUT2D eigenvalue weighted by Gasteiger charge is -2.54. The minimum atomic E-state index is -2.60. The zero-order valence-electron chi connectivity index (χ0n) is 51.6. The van der Waals surface area contributed by atoms with E-state index in [1.54, 1.807) is 42.2 Å². The molecule has 19 rings (SSSR count). The molecule has 428 valence electrons. The maximum absolute atomic E-state index is 2.72. The fourth-order valence-corrected chi connectivity index (χ4v) is 35.4. The summed E-state index contributed by atoms with van der Waals surface area (Å²) >= 11 is 0. The second kappa shape index (κ2) is 18.2. The summed E-state index contributed by atoms with van der Waals surface area (Å²) in [6.45, 7) is 10.8. The van der Waals surface area contributed by atoms with E-state index in [9.17, 15) is 0 Å². The highest BCUT2D eigenvalue weighted by Crippen LogP contribution is 2.69. The summed E-state index contributed by atoms with van der Waals surface area (Å²) in [6.07, 6.45) is 9.98. The predicted molar refractivity (Wildman–Crippen MR) is 381 cm³/mol. The van der Waals surface area contributed by atoms with Crippen molar-refractivity contribution in [1.82, 2.24) is 0 Å². The van der Waals surface area contributed by atoms with Gasteiger partial charge in [0.25, 0.3) is 0 Å². The lowest BCUT2D eigenvalue weighted by molar-refractivity contribution is 0.241. The molecule has 6 aliphatic rings. The van der Waals surface area contributed by atoms with Crippen LogP contribution in [-0.4, -0.2) is 16.1 Å². The van der Waals surface area contributed by atoms with E-state index in [0.29, 0.717) is 0 Å². The first-order valence-corrected chi connectivity index (χ1v) is 37.2. The maximum atomic E-state index is 2.72. The van der Waals surface area contributed by atoms with Crippen LogP contribution >= 0.6 is 0 Å². The molecule has 2 aliphatic heterocycles. The minimum Gasteiger partial charge on any atom is -0.0624 e. The third-order valence-electron chi connectivity index (χ3n) is 25.6. The van der Waals surface area contributed by atoms with Gasteiger partial charge in [0.1, 0.15) is 0 Å². The average molecular weight is 1170 g/mol. The van der Waals surface area contributed by atoms with Gasteiger partial charge in [-0.15, -0.1) is 0 Å². The molecule has 0 amide bonds. The van der Waals surface area contributed by atoms with Crippen LogP contribution in [0.5, 0.6) is 0 Å². The van der Waals surface area contributed by atoms with Gasteiger partial charge in [0.15, 0.2) is 16.1 Å². The first-order valence-electron chi connectivity index (χ1n) is 33.2. The van der Waals surface area contributed by atoms with Crippen LogP contribution in [0.25, 0.3) is 76.8 Å². The standard InChI is InChI=1S/C87H72Si2/c1-83-48-19-21-50-85(83,3)88(64-26-9-5-10-27-64,65-28-11-6-12-29-65)78-46-41-61(54-75(78)83)59-39-43-68-69-44-40-60(62-42-47-79-76(55-62)84(2)49-20-22-51-86(84,4)89(79,66-30-13-7-14-31-66)67-32-15-8-16-33-67)53-74(69)87(73(68)52-59)72-35-18-17-34-70(72)82-71-45-38-58-25-23-24-57-36-37-63(56-77(82)87)81(71)80(57)58/h5-18,23-47,52-56H,19-22,48-51H2,1-4H3. The van der Waals surface area contributed by atoms with E-state index in [1.165, 1.54) is 150 Å². The van der Waals surface area contributed by atoms with E-state index in [2.05, 4.69) is 295 Å². The summed E-state index contributed by atoms with van der Waals surface area (Å²) < 4.78 is 0. The highest BCUT2D eigenvalue weighted by Gasteiger charge is 2.70. The smallest absolute Gasteiger partial charge is 0.0624 e. The second-order valence-electron chi connectivity index (χ2n) is 28.7. The van der Waals surface area contributed by atoms with Gasteiger partial charge in [-0.2, -0.15) is 0 Å². The molecule has 4 unspecified atom stereocenters. The number of hydrogen-bond acceptors (Lipinski definition) is 0. The molecule has 0 nitrogen and oxygen atoms in total. The fraction of sp³-hybridized carbons (Fsp3) is 0.195. The van der Waals surface area contributed by atoms with Crippen molar-refractivity contribution in [3.63, 3.8) is 0 Å². The molecule has 13 aromatic rings. The fourth-order valence-electron chi connectivity index (χ4n) is 21.5. The van der Waals surface area contributed by atoms with Crippen molar-refractivity contribution in [2.24, 2.45) is 0 Å². The van der Waals surface area contributed by atoms with Crippen LogP contribution in [0.4, 0.5) is 0 Å². The highest BCUT2D eigenvalue weighted by atomic mass is 28.3. The van der Waals surface area contributed by atoms with E-state index >= 15 is 0 Å². The van der Waals surface area contributed by atoms with E-state index in [1.807, 2.05) is 0 Å². The van der Waals surface area contributed by atoms with Crippen LogP contribution < -0.4 is 31.1 Å². The second-order valence-corrected chi connectivity index (χ2v) is 37.3. The molecule has 4 atom stereocenters. The summed E-state index contributed by atoms with van der Waals surface area (Å²) in [5.74, 6) is 0. The molecule has 13 aromatic carbocycles.